The van der Waals surface area contributed by atoms with Crippen LogP contribution in [0.4, 0.5) is 0 Å². The monoisotopic (exact) mass is 255 g/mol. The van der Waals surface area contributed by atoms with Gasteiger partial charge in [-0.25, -0.2) is 0 Å². The van der Waals surface area contributed by atoms with Crippen LogP contribution in [0.2, 0.25) is 0 Å². The fraction of sp³-hybridized carbons (Fsp3) is 0.294. The average Bonchev–Trinajstić information content (AvgIpc) is 2.40. The number of nitrogens with one attached hydrogen (secondary N) is 1. The molecule has 0 aliphatic heterocycles. The fourth-order valence-electron chi connectivity index (χ4n) is 2.31. The molecule has 0 heterocycles. The van der Waals surface area contributed by atoms with Gasteiger partial charge in [0.1, 0.15) is 5.75 Å². The highest BCUT2D eigenvalue weighted by atomic mass is 16.3. The van der Waals surface area contributed by atoms with E-state index in [1.807, 2.05) is 18.2 Å². The Kier molecular flexibility index (Phi) is 4.58. The maximum atomic E-state index is 9.29. The summed E-state index contributed by atoms with van der Waals surface area (Å²) < 4.78 is 0. The van der Waals surface area contributed by atoms with Crippen LogP contribution in [0.25, 0.3) is 0 Å². The van der Waals surface area contributed by atoms with Crippen molar-refractivity contribution in [3.8, 4) is 5.75 Å². The summed E-state index contributed by atoms with van der Waals surface area (Å²) in [5.41, 5.74) is 2.54. The molecule has 100 valence electrons. The average molecular weight is 255 g/mol. The van der Waals surface area contributed by atoms with E-state index < -0.39 is 0 Å². The summed E-state index contributed by atoms with van der Waals surface area (Å²) in [7, 11) is 0. The quantitative estimate of drug-likeness (QED) is 0.854. The van der Waals surface area contributed by atoms with Crippen molar-refractivity contribution in [2.45, 2.75) is 32.4 Å². The Morgan fingerprint density at radius 1 is 0.947 bits per heavy atom. The van der Waals surface area contributed by atoms with E-state index in [1.165, 1.54) is 11.1 Å². The molecule has 2 N–H and O–H groups in total. The zero-order valence-corrected chi connectivity index (χ0v) is 11.5. The number of aromatic hydroxyl groups is 1. The number of benzene rings is 2. The zero-order valence-electron chi connectivity index (χ0n) is 11.5. The van der Waals surface area contributed by atoms with Crippen LogP contribution in [0.3, 0.4) is 0 Å². The summed E-state index contributed by atoms with van der Waals surface area (Å²) in [5.74, 6) is 0.313. The van der Waals surface area contributed by atoms with Gasteiger partial charge in [0.15, 0.2) is 0 Å². The standard InChI is InChI=1S/C17H21NO/c1-13(12-15-6-4-3-5-7-15)18-14(2)16-8-10-17(19)11-9-16/h3-11,13-14,18-19H,12H2,1-2H3. The first-order chi connectivity index (χ1) is 9.15. The number of hydrogen-bond donors (Lipinski definition) is 2. The van der Waals surface area contributed by atoms with E-state index >= 15 is 0 Å². The molecule has 0 spiro atoms. The van der Waals surface area contributed by atoms with Crippen molar-refractivity contribution in [3.63, 3.8) is 0 Å². The maximum Gasteiger partial charge on any atom is 0.115 e. The third kappa shape index (κ3) is 4.11. The second kappa shape index (κ2) is 6.39. The highest BCUT2D eigenvalue weighted by Crippen LogP contribution is 2.17. The Bertz CT molecular complexity index is 492. The van der Waals surface area contributed by atoms with Crippen LogP contribution in [0.5, 0.6) is 5.75 Å². The summed E-state index contributed by atoms with van der Waals surface area (Å²) in [6, 6.07) is 18.6. The molecule has 2 unspecified atom stereocenters. The lowest BCUT2D eigenvalue weighted by Crippen LogP contribution is -2.30. The van der Waals surface area contributed by atoms with Gasteiger partial charge < -0.3 is 10.4 Å². The van der Waals surface area contributed by atoms with Crippen molar-refractivity contribution in [2.24, 2.45) is 0 Å². The summed E-state index contributed by atoms with van der Waals surface area (Å²) in [4.78, 5) is 0. The molecule has 2 heteroatoms. The van der Waals surface area contributed by atoms with Crippen LogP contribution >= 0.6 is 0 Å². The van der Waals surface area contributed by atoms with Crippen molar-refractivity contribution >= 4 is 0 Å². The molecule has 19 heavy (non-hydrogen) atoms. The molecule has 0 radical (unpaired) electrons. The fourth-order valence-corrected chi connectivity index (χ4v) is 2.31. The second-order valence-corrected chi connectivity index (χ2v) is 5.07. The van der Waals surface area contributed by atoms with Crippen LogP contribution in [-0.2, 0) is 6.42 Å². The molecular weight excluding hydrogens is 234 g/mol. The molecule has 0 aromatic heterocycles. The molecule has 2 aromatic carbocycles. The molecule has 0 saturated heterocycles. The number of hydrogen-bond acceptors (Lipinski definition) is 2. The molecule has 0 bridgehead atoms. The number of rotatable bonds is 5. The number of phenolic OH excluding ortho intramolecular Hbond substituents is 1. The summed E-state index contributed by atoms with van der Waals surface area (Å²) in [6.07, 6.45) is 1.02. The summed E-state index contributed by atoms with van der Waals surface area (Å²) in [6.45, 7) is 4.35. The molecule has 2 atom stereocenters. The van der Waals surface area contributed by atoms with Gasteiger partial charge in [0.05, 0.1) is 0 Å². The van der Waals surface area contributed by atoms with Crippen LogP contribution in [0, 0.1) is 0 Å². The highest BCUT2D eigenvalue weighted by Gasteiger charge is 2.09. The van der Waals surface area contributed by atoms with Crippen molar-refractivity contribution in [1.29, 1.82) is 0 Å². The second-order valence-electron chi connectivity index (χ2n) is 5.07. The predicted molar refractivity (Wildman–Crippen MR) is 79.3 cm³/mol. The van der Waals surface area contributed by atoms with Crippen LogP contribution in [-0.4, -0.2) is 11.1 Å². The minimum atomic E-state index is 0.277. The largest absolute Gasteiger partial charge is 0.508 e. The molecule has 0 aliphatic carbocycles. The zero-order chi connectivity index (χ0) is 13.7. The minimum Gasteiger partial charge on any atom is -0.508 e. The molecule has 0 saturated carbocycles. The van der Waals surface area contributed by atoms with Crippen molar-refractivity contribution in [1.82, 2.24) is 5.32 Å². The van der Waals surface area contributed by atoms with Crippen LogP contribution in [0.15, 0.2) is 54.6 Å². The molecule has 0 amide bonds. The van der Waals surface area contributed by atoms with Gasteiger partial charge in [-0.2, -0.15) is 0 Å². The lowest BCUT2D eigenvalue weighted by molar-refractivity contribution is 0.468. The first-order valence-corrected chi connectivity index (χ1v) is 6.74. The molecular formula is C17H21NO. The van der Waals surface area contributed by atoms with E-state index in [1.54, 1.807) is 12.1 Å². The lowest BCUT2D eigenvalue weighted by atomic mass is 10.0. The van der Waals surface area contributed by atoms with Gasteiger partial charge in [-0.3, -0.25) is 0 Å². The van der Waals surface area contributed by atoms with E-state index in [9.17, 15) is 5.11 Å². The van der Waals surface area contributed by atoms with E-state index in [2.05, 4.69) is 43.4 Å². The molecule has 0 aliphatic rings. The highest BCUT2D eigenvalue weighted by molar-refractivity contribution is 5.27. The van der Waals surface area contributed by atoms with Crippen molar-refractivity contribution < 1.29 is 5.11 Å². The minimum absolute atomic E-state index is 0.277. The van der Waals surface area contributed by atoms with E-state index in [4.69, 9.17) is 0 Å². The summed E-state index contributed by atoms with van der Waals surface area (Å²) in [5, 5.41) is 12.9. The molecule has 0 fully saturated rings. The smallest absolute Gasteiger partial charge is 0.115 e. The van der Waals surface area contributed by atoms with E-state index in [-0.39, 0.29) is 6.04 Å². The van der Waals surface area contributed by atoms with Crippen LogP contribution < -0.4 is 5.32 Å². The third-order valence-corrected chi connectivity index (χ3v) is 3.31. The topological polar surface area (TPSA) is 32.3 Å². The maximum absolute atomic E-state index is 9.29. The van der Waals surface area contributed by atoms with Gasteiger partial charge in [-0.15, -0.1) is 0 Å². The first kappa shape index (κ1) is 13.6. The number of phenols is 1. The molecule has 2 aromatic rings. The Labute approximate surface area is 115 Å². The van der Waals surface area contributed by atoms with Crippen LogP contribution in [0.1, 0.15) is 31.0 Å². The van der Waals surface area contributed by atoms with Crippen molar-refractivity contribution in [2.75, 3.05) is 0 Å². The van der Waals surface area contributed by atoms with Gasteiger partial charge in [0.25, 0.3) is 0 Å². The van der Waals surface area contributed by atoms with Gasteiger partial charge in [-0.05, 0) is 43.5 Å². The SMILES string of the molecule is CC(Cc1ccccc1)NC(C)c1ccc(O)cc1. The van der Waals surface area contributed by atoms with Gasteiger partial charge in [0.2, 0.25) is 0 Å². The first-order valence-electron chi connectivity index (χ1n) is 6.74. The molecule has 2 nitrogen and oxygen atoms in total. The van der Waals surface area contributed by atoms with Crippen molar-refractivity contribution in [3.05, 3.63) is 65.7 Å². The Morgan fingerprint density at radius 3 is 2.21 bits per heavy atom. The van der Waals surface area contributed by atoms with E-state index in [0.717, 1.165) is 6.42 Å². The molecule has 2 rings (SSSR count). The lowest BCUT2D eigenvalue weighted by Gasteiger charge is -2.20. The van der Waals surface area contributed by atoms with Gasteiger partial charge in [-0.1, -0.05) is 42.5 Å². The van der Waals surface area contributed by atoms with E-state index in [0.29, 0.717) is 11.8 Å². The van der Waals surface area contributed by atoms with Gasteiger partial charge >= 0.3 is 0 Å². The summed E-state index contributed by atoms with van der Waals surface area (Å²) >= 11 is 0. The normalized spacial score (nSPS) is 14.0. The predicted octanol–water partition coefficient (Wildman–Crippen LogP) is 3.67. The third-order valence-electron chi connectivity index (χ3n) is 3.31. The Hall–Kier alpha value is -1.80. The Balaban J connectivity index is 1.91. The Morgan fingerprint density at radius 2 is 1.58 bits per heavy atom. The van der Waals surface area contributed by atoms with Gasteiger partial charge in [0, 0.05) is 12.1 Å².